The van der Waals surface area contributed by atoms with Gasteiger partial charge < -0.3 is 14.8 Å². The maximum Gasteiger partial charge on any atom is 0.141 e. The molecule has 1 fully saturated rings. The average Bonchev–Trinajstić information content (AvgIpc) is 2.77. The van der Waals surface area contributed by atoms with Crippen molar-refractivity contribution in [1.82, 2.24) is 9.97 Å². The number of anilines is 1. The molecule has 0 saturated carbocycles. The van der Waals surface area contributed by atoms with Crippen molar-refractivity contribution in [2.24, 2.45) is 0 Å². The number of carbonyl (C=O) groups excluding carboxylic acids is 1. The minimum absolute atomic E-state index is 0.256. The van der Waals surface area contributed by atoms with Gasteiger partial charge in [0.2, 0.25) is 0 Å². The van der Waals surface area contributed by atoms with E-state index in [0.717, 1.165) is 41.0 Å². The van der Waals surface area contributed by atoms with E-state index in [1.165, 1.54) is 24.1 Å². The van der Waals surface area contributed by atoms with Gasteiger partial charge in [-0.1, -0.05) is 0 Å². The largest absolute Gasteiger partial charge is 0.544 e. The van der Waals surface area contributed by atoms with Crippen LogP contribution in [0, 0.1) is 6.92 Å². The van der Waals surface area contributed by atoms with Crippen LogP contribution in [0.1, 0.15) is 41.4 Å². The Bertz CT molecular complexity index is 668. The molecule has 106 valence electrons. The number of hydrogen-bond donors (Lipinski definition) is 0. The Hall–Kier alpha value is -1.69. The molecule has 5 nitrogen and oxygen atoms in total. The Morgan fingerprint density at radius 2 is 2.25 bits per heavy atom. The third kappa shape index (κ3) is 2.04. The predicted octanol–water partition coefficient (Wildman–Crippen LogP) is 1.74. The van der Waals surface area contributed by atoms with Crippen LogP contribution >= 0.6 is 11.3 Å². The second kappa shape index (κ2) is 5.01. The van der Waals surface area contributed by atoms with Gasteiger partial charge in [-0.3, -0.25) is 0 Å². The molecule has 0 N–H and O–H groups in total. The van der Waals surface area contributed by atoms with Gasteiger partial charge in [0.05, 0.1) is 16.2 Å². The molecule has 0 bridgehead atoms. The summed E-state index contributed by atoms with van der Waals surface area (Å²) < 4.78 is 0. The zero-order valence-electron chi connectivity index (χ0n) is 11.5. The number of nitrogens with zero attached hydrogens (tertiary/aromatic N) is 3. The van der Waals surface area contributed by atoms with E-state index in [4.69, 9.17) is 0 Å². The van der Waals surface area contributed by atoms with Crippen molar-refractivity contribution in [2.45, 2.75) is 39.2 Å². The summed E-state index contributed by atoms with van der Waals surface area (Å²) in [7, 11) is 0. The Balaban J connectivity index is 2.18. The summed E-state index contributed by atoms with van der Waals surface area (Å²) in [6.45, 7) is 4.96. The van der Waals surface area contributed by atoms with E-state index in [2.05, 4.69) is 21.8 Å². The van der Waals surface area contributed by atoms with E-state index in [0.29, 0.717) is 6.04 Å². The highest BCUT2D eigenvalue weighted by Gasteiger charge is 2.24. The van der Waals surface area contributed by atoms with Crippen LogP contribution in [0.5, 0.6) is 0 Å². The van der Waals surface area contributed by atoms with E-state index in [-0.39, 0.29) is 4.88 Å². The smallest absolute Gasteiger partial charge is 0.141 e. The van der Waals surface area contributed by atoms with Gasteiger partial charge in [0.1, 0.15) is 17.0 Å². The monoisotopic (exact) mass is 290 g/mol. The molecule has 3 heterocycles. The molecular weight excluding hydrogens is 274 g/mol. The van der Waals surface area contributed by atoms with Gasteiger partial charge in [-0.15, -0.1) is 11.3 Å². The minimum atomic E-state index is -1.14. The van der Waals surface area contributed by atoms with Crippen LogP contribution in [0.3, 0.4) is 0 Å². The lowest BCUT2D eigenvalue weighted by molar-refractivity contribution is -0.254. The lowest BCUT2D eigenvalue weighted by atomic mass is 10.0. The van der Waals surface area contributed by atoms with Crippen LogP contribution in [-0.4, -0.2) is 28.5 Å². The number of aromatic nitrogens is 2. The van der Waals surface area contributed by atoms with Crippen molar-refractivity contribution in [3.05, 3.63) is 16.8 Å². The summed E-state index contributed by atoms with van der Waals surface area (Å²) in [6, 6.07) is 0.424. The molecule has 3 rings (SSSR count). The first-order chi connectivity index (χ1) is 9.59. The highest BCUT2D eigenvalue weighted by Crippen LogP contribution is 2.36. The lowest BCUT2D eigenvalue weighted by Crippen LogP contribution is -2.38. The number of carboxylic acids is 1. The van der Waals surface area contributed by atoms with Crippen molar-refractivity contribution < 1.29 is 9.90 Å². The Kier molecular flexibility index (Phi) is 3.33. The molecule has 0 unspecified atom stereocenters. The highest BCUT2D eigenvalue weighted by molar-refractivity contribution is 7.20. The molecule has 1 aliphatic rings. The number of aryl methyl sites for hydroxylation is 1. The van der Waals surface area contributed by atoms with Gasteiger partial charge in [-0.05, 0) is 38.7 Å². The number of piperidine rings is 1. The fraction of sp³-hybridized carbons (Fsp3) is 0.500. The maximum absolute atomic E-state index is 11.2. The van der Waals surface area contributed by atoms with Crippen molar-refractivity contribution in [3.63, 3.8) is 0 Å². The molecule has 0 aliphatic carbocycles. The summed E-state index contributed by atoms with van der Waals surface area (Å²) in [6.07, 6.45) is 5.04. The molecule has 2 aromatic heterocycles. The molecule has 1 saturated heterocycles. The molecule has 20 heavy (non-hydrogen) atoms. The van der Waals surface area contributed by atoms with Gasteiger partial charge in [-0.25, -0.2) is 9.97 Å². The van der Waals surface area contributed by atoms with E-state index in [1.54, 1.807) is 0 Å². The number of carbonyl (C=O) groups is 1. The lowest BCUT2D eigenvalue weighted by Gasteiger charge is -2.34. The van der Waals surface area contributed by atoms with Gasteiger partial charge in [-0.2, -0.15) is 0 Å². The summed E-state index contributed by atoms with van der Waals surface area (Å²) in [5.74, 6) is -0.272. The first-order valence-electron chi connectivity index (χ1n) is 6.81. The molecule has 0 amide bonds. The van der Waals surface area contributed by atoms with E-state index >= 15 is 0 Å². The topological polar surface area (TPSA) is 69.1 Å². The zero-order chi connectivity index (χ0) is 14.3. The third-order valence-corrected chi connectivity index (χ3v) is 5.15. The molecule has 6 heteroatoms. The number of fused-ring (bicyclic) bond motifs is 1. The average molecular weight is 290 g/mol. The van der Waals surface area contributed by atoms with Crippen LogP contribution in [0.15, 0.2) is 6.33 Å². The first kappa shape index (κ1) is 13.3. The number of hydrogen-bond acceptors (Lipinski definition) is 6. The van der Waals surface area contributed by atoms with Crippen LogP contribution in [-0.2, 0) is 0 Å². The molecule has 1 atom stereocenters. The Morgan fingerprint density at radius 1 is 1.45 bits per heavy atom. The summed E-state index contributed by atoms with van der Waals surface area (Å²) in [5.41, 5.74) is 0.721. The van der Waals surface area contributed by atoms with Gasteiger partial charge in [0.25, 0.3) is 0 Å². The third-order valence-electron chi connectivity index (χ3n) is 3.97. The van der Waals surface area contributed by atoms with E-state index in [1.807, 2.05) is 6.92 Å². The summed E-state index contributed by atoms with van der Waals surface area (Å²) >= 11 is 1.17. The van der Waals surface area contributed by atoms with Crippen molar-refractivity contribution in [1.29, 1.82) is 0 Å². The van der Waals surface area contributed by atoms with E-state index < -0.39 is 5.97 Å². The number of aromatic carboxylic acids is 1. The number of thiophene rings is 1. The maximum atomic E-state index is 11.2. The quantitative estimate of drug-likeness (QED) is 0.842. The van der Waals surface area contributed by atoms with E-state index in [9.17, 15) is 9.90 Å². The summed E-state index contributed by atoms with van der Waals surface area (Å²) in [4.78, 5) is 23.1. The fourth-order valence-corrected chi connectivity index (χ4v) is 3.86. The molecular formula is C14H16N3O2S-. The second-order valence-electron chi connectivity index (χ2n) is 5.26. The number of rotatable bonds is 2. The molecule has 2 aromatic rings. The molecule has 0 spiro atoms. The van der Waals surface area contributed by atoms with Gasteiger partial charge >= 0.3 is 0 Å². The normalized spacial score (nSPS) is 19.5. The first-order valence-corrected chi connectivity index (χ1v) is 7.63. The summed E-state index contributed by atoms with van der Waals surface area (Å²) in [5, 5.41) is 12.0. The zero-order valence-corrected chi connectivity index (χ0v) is 12.4. The van der Waals surface area contributed by atoms with Crippen LogP contribution in [0.4, 0.5) is 5.82 Å². The van der Waals surface area contributed by atoms with Gasteiger partial charge in [0.15, 0.2) is 0 Å². The van der Waals surface area contributed by atoms with Crippen molar-refractivity contribution >= 4 is 33.3 Å². The van der Waals surface area contributed by atoms with Crippen LogP contribution < -0.4 is 10.0 Å². The molecule has 0 radical (unpaired) electrons. The minimum Gasteiger partial charge on any atom is -0.544 e. The molecule has 1 aliphatic heterocycles. The SMILES string of the molecule is Cc1c(C(=O)[O-])sc2ncnc(N3CCCC[C@H]3C)c12. The van der Waals surface area contributed by atoms with Gasteiger partial charge in [0, 0.05) is 12.6 Å². The standard InChI is InChI=1S/C14H17N3O2S/c1-8-5-3-4-6-17(8)12-10-9(2)11(14(18)19)20-13(10)16-7-15-12/h7-8H,3-6H2,1-2H3,(H,18,19)/p-1/t8-/m1/s1. The predicted molar refractivity (Wildman–Crippen MR) is 77.1 cm³/mol. The van der Waals surface area contributed by atoms with Crippen LogP contribution in [0.25, 0.3) is 10.2 Å². The Labute approximate surface area is 121 Å². The van der Waals surface area contributed by atoms with Crippen LogP contribution in [0.2, 0.25) is 0 Å². The second-order valence-corrected chi connectivity index (χ2v) is 6.26. The highest BCUT2D eigenvalue weighted by atomic mass is 32.1. The molecule has 0 aromatic carbocycles. The van der Waals surface area contributed by atoms with Crippen molar-refractivity contribution in [2.75, 3.05) is 11.4 Å². The van der Waals surface area contributed by atoms with Crippen molar-refractivity contribution in [3.8, 4) is 0 Å². The fourth-order valence-electron chi connectivity index (χ4n) is 2.88. The number of carboxylic acid groups (broad SMARTS) is 1. The Morgan fingerprint density at radius 3 is 2.95 bits per heavy atom.